The van der Waals surface area contributed by atoms with Crippen LogP contribution in [0.2, 0.25) is 0 Å². The lowest BCUT2D eigenvalue weighted by atomic mass is 10.1. The summed E-state index contributed by atoms with van der Waals surface area (Å²) in [7, 11) is 1.60. The molecule has 2 aliphatic heterocycles. The largest absolute Gasteiger partial charge is 0.496 e. The average molecular weight is 398 g/mol. The van der Waals surface area contributed by atoms with Gasteiger partial charge in [-0.15, -0.1) is 0 Å². The first-order valence-electron chi connectivity index (χ1n) is 9.47. The maximum absolute atomic E-state index is 13.4. The highest BCUT2D eigenvalue weighted by atomic mass is 16.7. The number of hydrogen-bond acceptors (Lipinski definition) is 5. The Balaban J connectivity index is 1.62. The first-order valence-corrected chi connectivity index (χ1v) is 9.47. The fourth-order valence-electron chi connectivity index (χ4n) is 3.50. The van der Waals surface area contributed by atoms with Gasteiger partial charge in [0.05, 0.1) is 18.4 Å². The van der Waals surface area contributed by atoms with Crippen molar-refractivity contribution < 1.29 is 19.0 Å². The first kappa shape index (κ1) is 18.0. The molecule has 30 heavy (non-hydrogen) atoms. The number of amides is 1. The minimum Gasteiger partial charge on any atom is -0.496 e. The van der Waals surface area contributed by atoms with Crippen molar-refractivity contribution in [1.82, 2.24) is 0 Å². The lowest BCUT2D eigenvalue weighted by molar-refractivity contribution is -0.113. The van der Waals surface area contributed by atoms with Crippen LogP contribution in [0.25, 0.3) is 6.08 Å². The van der Waals surface area contributed by atoms with Crippen LogP contribution in [0.15, 0.2) is 83.5 Å². The number of fused-ring (bicyclic) bond motifs is 1. The van der Waals surface area contributed by atoms with Crippen molar-refractivity contribution in [3.05, 3.63) is 89.6 Å². The summed E-state index contributed by atoms with van der Waals surface area (Å²) in [6, 6.07) is 22.5. The lowest BCUT2D eigenvalue weighted by Gasteiger charge is -2.19. The summed E-state index contributed by atoms with van der Waals surface area (Å²) in [6.07, 6.45) is 1.75. The van der Waals surface area contributed by atoms with Crippen LogP contribution in [-0.4, -0.2) is 25.6 Å². The van der Waals surface area contributed by atoms with Gasteiger partial charge in [-0.05, 0) is 48.0 Å². The number of methoxy groups -OCH3 is 1. The van der Waals surface area contributed by atoms with Gasteiger partial charge < -0.3 is 14.2 Å². The van der Waals surface area contributed by atoms with Gasteiger partial charge in [0.2, 0.25) is 6.79 Å². The quantitative estimate of drug-likeness (QED) is 0.616. The molecule has 148 valence electrons. The highest BCUT2D eigenvalue weighted by Crippen LogP contribution is 2.35. The molecule has 6 nitrogen and oxygen atoms in total. The van der Waals surface area contributed by atoms with Crippen molar-refractivity contribution in [3.63, 3.8) is 0 Å². The average Bonchev–Trinajstić information content (AvgIpc) is 3.38. The van der Waals surface area contributed by atoms with Gasteiger partial charge in [-0.2, -0.15) is 0 Å². The fraction of sp³-hybridized carbons (Fsp3) is 0.0833. The van der Waals surface area contributed by atoms with Crippen LogP contribution in [0, 0.1) is 0 Å². The van der Waals surface area contributed by atoms with E-state index in [1.807, 2.05) is 72.8 Å². The van der Waals surface area contributed by atoms with Gasteiger partial charge in [0.15, 0.2) is 17.3 Å². The fourth-order valence-corrected chi connectivity index (χ4v) is 3.50. The Morgan fingerprint density at radius 2 is 1.73 bits per heavy atom. The summed E-state index contributed by atoms with van der Waals surface area (Å²) in [5.41, 5.74) is 2.62. The molecule has 3 aromatic rings. The zero-order valence-electron chi connectivity index (χ0n) is 16.2. The van der Waals surface area contributed by atoms with Crippen molar-refractivity contribution in [2.75, 3.05) is 18.8 Å². The molecule has 1 amide bonds. The molecule has 0 unspecified atom stereocenters. The van der Waals surface area contributed by atoms with E-state index >= 15 is 0 Å². The summed E-state index contributed by atoms with van der Waals surface area (Å²) < 4.78 is 16.3. The molecule has 0 N–H and O–H groups in total. The number of aliphatic imine (C=N–C) groups is 1. The number of carbonyl (C=O) groups excluding carboxylic acids is 1. The van der Waals surface area contributed by atoms with Gasteiger partial charge in [0.1, 0.15) is 11.4 Å². The Hall–Kier alpha value is -4.06. The topological polar surface area (TPSA) is 60.4 Å². The van der Waals surface area contributed by atoms with E-state index in [4.69, 9.17) is 19.2 Å². The van der Waals surface area contributed by atoms with Crippen LogP contribution in [0.1, 0.15) is 11.1 Å². The molecule has 0 saturated heterocycles. The Kier molecular flexibility index (Phi) is 4.44. The second kappa shape index (κ2) is 7.40. The molecule has 0 saturated carbocycles. The van der Waals surface area contributed by atoms with Gasteiger partial charge in [0.25, 0.3) is 5.91 Å². The highest BCUT2D eigenvalue weighted by molar-refractivity contribution is 6.33. The molecule has 5 rings (SSSR count). The van der Waals surface area contributed by atoms with Crippen LogP contribution in [0.4, 0.5) is 5.69 Å². The monoisotopic (exact) mass is 398 g/mol. The Morgan fingerprint density at radius 3 is 2.57 bits per heavy atom. The van der Waals surface area contributed by atoms with Gasteiger partial charge in [-0.1, -0.05) is 36.4 Å². The molecule has 2 aliphatic rings. The SMILES string of the molecule is COc1ccccc1C1=NC(=Cc2ccc3c(c2)OCO3)C(=O)N1c1ccccc1. The second-order valence-corrected chi connectivity index (χ2v) is 6.75. The maximum atomic E-state index is 13.4. The number of hydrogen-bond donors (Lipinski definition) is 0. The summed E-state index contributed by atoms with van der Waals surface area (Å²) in [4.78, 5) is 19.7. The number of para-hydroxylation sites is 2. The minimum absolute atomic E-state index is 0.201. The van der Waals surface area contributed by atoms with Crippen LogP contribution >= 0.6 is 0 Å². The number of amidine groups is 1. The number of carbonyl (C=O) groups is 1. The summed E-state index contributed by atoms with van der Waals surface area (Å²) in [6.45, 7) is 0.201. The zero-order chi connectivity index (χ0) is 20.5. The molecule has 0 radical (unpaired) electrons. The molecular weight excluding hydrogens is 380 g/mol. The molecule has 6 heteroatoms. The third-order valence-electron chi connectivity index (χ3n) is 4.92. The van der Waals surface area contributed by atoms with Crippen molar-refractivity contribution in [2.45, 2.75) is 0 Å². The second-order valence-electron chi connectivity index (χ2n) is 6.75. The first-order chi connectivity index (χ1) is 14.7. The molecular formula is C24H18N2O4. The Morgan fingerprint density at radius 1 is 0.967 bits per heavy atom. The van der Waals surface area contributed by atoms with Crippen LogP contribution in [-0.2, 0) is 4.79 Å². The third kappa shape index (κ3) is 3.08. The Bertz CT molecular complexity index is 1180. The van der Waals surface area contributed by atoms with Crippen LogP contribution in [0.5, 0.6) is 17.2 Å². The molecule has 0 aliphatic carbocycles. The molecule has 3 aromatic carbocycles. The van der Waals surface area contributed by atoms with E-state index in [1.165, 1.54) is 0 Å². The predicted octanol–water partition coefficient (Wildman–Crippen LogP) is 4.26. The standard InChI is InChI=1S/C24H18N2O4/c1-28-20-10-6-5-9-18(20)23-25-19(24(27)26(23)17-7-3-2-4-8-17)13-16-11-12-21-22(14-16)30-15-29-21/h2-14H,15H2,1H3. The number of rotatable bonds is 4. The number of ether oxygens (including phenoxy) is 3. The zero-order valence-corrected chi connectivity index (χ0v) is 16.2. The molecule has 2 heterocycles. The Labute approximate surface area is 173 Å². The maximum Gasteiger partial charge on any atom is 0.282 e. The van der Waals surface area contributed by atoms with E-state index in [2.05, 4.69) is 0 Å². The van der Waals surface area contributed by atoms with Gasteiger partial charge in [-0.25, -0.2) is 4.99 Å². The molecule has 0 fully saturated rings. The van der Waals surface area contributed by atoms with E-state index < -0.39 is 0 Å². The molecule has 0 aromatic heterocycles. The molecule has 0 bridgehead atoms. The predicted molar refractivity (Wildman–Crippen MR) is 114 cm³/mol. The van der Waals surface area contributed by atoms with E-state index in [-0.39, 0.29) is 12.7 Å². The van der Waals surface area contributed by atoms with E-state index in [0.29, 0.717) is 28.8 Å². The normalized spacial score (nSPS) is 16.2. The van der Waals surface area contributed by atoms with Gasteiger partial charge in [0, 0.05) is 0 Å². The smallest absolute Gasteiger partial charge is 0.282 e. The van der Waals surface area contributed by atoms with E-state index in [0.717, 1.165) is 16.8 Å². The van der Waals surface area contributed by atoms with Crippen molar-refractivity contribution >= 4 is 23.5 Å². The van der Waals surface area contributed by atoms with E-state index in [1.54, 1.807) is 18.1 Å². The van der Waals surface area contributed by atoms with Crippen molar-refractivity contribution in [2.24, 2.45) is 4.99 Å². The van der Waals surface area contributed by atoms with Gasteiger partial charge >= 0.3 is 0 Å². The summed E-state index contributed by atoms with van der Waals surface area (Å²) >= 11 is 0. The minimum atomic E-state index is -0.209. The number of nitrogens with zero attached hydrogens (tertiary/aromatic N) is 2. The lowest BCUT2D eigenvalue weighted by Crippen LogP contribution is -2.32. The molecule has 0 spiro atoms. The van der Waals surface area contributed by atoms with Crippen LogP contribution in [0.3, 0.4) is 0 Å². The highest BCUT2D eigenvalue weighted by Gasteiger charge is 2.33. The van der Waals surface area contributed by atoms with Gasteiger partial charge in [-0.3, -0.25) is 9.69 Å². The van der Waals surface area contributed by atoms with Crippen molar-refractivity contribution in [3.8, 4) is 17.2 Å². The van der Waals surface area contributed by atoms with Crippen LogP contribution < -0.4 is 19.1 Å². The molecule has 0 atom stereocenters. The van der Waals surface area contributed by atoms with E-state index in [9.17, 15) is 4.79 Å². The summed E-state index contributed by atoms with van der Waals surface area (Å²) in [5, 5.41) is 0. The van der Waals surface area contributed by atoms with Crippen molar-refractivity contribution in [1.29, 1.82) is 0 Å². The third-order valence-corrected chi connectivity index (χ3v) is 4.92. The number of benzene rings is 3. The number of anilines is 1. The summed E-state index contributed by atoms with van der Waals surface area (Å²) in [5.74, 6) is 2.31.